The molecule has 0 heterocycles. The first-order valence-corrected chi connectivity index (χ1v) is 8.07. The summed E-state index contributed by atoms with van der Waals surface area (Å²) in [5, 5.41) is 0. The third-order valence-corrected chi connectivity index (χ3v) is 4.56. The van der Waals surface area contributed by atoms with Gasteiger partial charge in [-0.1, -0.05) is 94.4 Å². The predicted molar refractivity (Wildman–Crippen MR) is 96.6 cm³/mol. The molecule has 0 radical (unpaired) electrons. The van der Waals surface area contributed by atoms with E-state index in [0.29, 0.717) is 11.8 Å². The molecule has 22 heavy (non-hydrogen) atoms. The van der Waals surface area contributed by atoms with Crippen LogP contribution in [0, 0.1) is 11.8 Å². The minimum absolute atomic E-state index is 0.332. The summed E-state index contributed by atoms with van der Waals surface area (Å²) in [4.78, 5) is 0. The average Bonchev–Trinajstić information content (AvgIpc) is 2.53. The van der Waals surface area contributed by atoms with E-state index >= 15 is 0 Å². The van der Waals surface area contributed by atoms with Crippen LogP contribution in [0.4, 0.5) is 0 Å². The lowest BCUT2D eigenvalue weighted by atomic mass is 9.75. The summed E-state index contributed by atoms with van der Waals surface area (Å²) < 4.78 is 0. The molecule has 2 rings (SSSR count). The minimum Gasteiger partial charge on any atom is -0.321 e. The lowest BCUT2D eigenvalue weighted by molar-refractivity contribution is 0.290. The molecular weight excluding hydrogens is 266 g/mol. The van der Waals surface area contributed by atoms with Crippen LogP contribution in [0.3, 0.4) is 0 Å². The third kappa shape index (κ3) is 3.48. The van der Waals surface area contributed by atoms with E-state index in [2.05, 4.69) is 82.3 Å². The summed E-state index contributed by atoms with van der Waals surface area (Å²) in [5.74, 6) is 0.741. The zero-order valence-electron chi connectivity index (χ0n) is 14.1. The third-order valence-electron chi connectivity index (χ3n) is 4.56. The van der Waals surface area contributed by atoms with Gasteiger partial charge in [-0.05, 0) is 28.5 Å². The highest BCUT2D eigenvalue weighted by Gasteiger charge is 2.31. The van der Waals surface area contributed by atoms with Gasteiger partial charge in [0.2, 0.25) is 0 Å². The van der Waals surface area contributed by atoms with Gasteiger partial charge >= 0.3 is 0 Å². The first kappa shape index (κ1) is 16.5. The summed E-state index contributed by atoms with van der Waals surface area (Å²) in [6, 6.07) is 21.0. The van der Waals surface area contributed by atoms with Crippen molar-refractivity contribution in [3.05, 3.63) is 77.9 Å². The van der Waals surface area contributed by atoms with Gasteiger partial charge in [-0.15, -0.1) is 0 Å². The van der Waals surface area contributed by atoms with E-state index in [1.165, 1.54) is 16.7 Å². The predicted octanol–water partition coefficient (Wildman–Crippen LogP) is 5.13. The zero-order valence-corrected chi connectivity index (χ0v) is 14.1. The van der Waals surface area contributed by atoms with Crippen LogP contribution in [0.25, 0.3) is 5.57 Å². The van der Waals surface area contributed by atoms with E-state index in [1.54, 1.807) is 0 Å². The van der Waals surface area contributed by atoms with Gasteiger partial charge in [0, 0.05) is 5.54 Å². The summed E-state index contributed by atoms with van der Waals surface area (Å²) in [6.45, 7) is 8.79. The Labute approximate surface area is 134 Å². The van der Waals surface area contributed by atoms with Crippen molar-refractivity contribution >= 4 is 5.57 Å². The molecule has 0 aliphatic heterocycles. The second kappa shape index (κ2) is 6.93. The maximum Gasteiger partial charge on any atom is 0.0394 e. The van der Waals surface area contributed by atoms with Crippen LogP contribution >= 0.6 is 0 Å². The van der Waals surface area contributed by atoms with Crippen molar-refractivity contribution in [3.63, 3.8) is 0 Å². The Kier molecular flexibility index (Phi) is 5.20. The smallest absolute Gasteiger partial charge is 0.0394 e. The van der Waals surface area contributed by atoms with Crippen LogP contribution < -0.4 is 5.73 Å². The van der Waals surface area contributed by atoms with E-state index in [0.717, 1.165) is 0 Å². The molecule has 0 amide bonds. The van der Waals surface area contributed by atoms with Gasteiger partial charge in [0.25, 0.3) is 0 Å². The highest BCUT2D eigenvalue weighted by atomic mass is 14.8. The van der Waals surface area contributed by atoms with E-state index < -0.39 is 0 Å². The first-order chi connectivity index (χ1) is 10.4. The molecule has 0 unspecified atom stereocenters. The Bertz CT molecular complexity index is 559. The van der Waals surface area contributed by atoms with E-state index in [1.807, 2.05) is 12.1 Å². The summed E-state index contributed by atoms with van der Waals surface area (Å²) in [7, 11) is 0. The van der Waals surface area contributed by atoms with Crippen LogP contribution in [0.1, 0.15) is 38.8 Å². The van der Waals surface area contributed by atoms with Crippen LogP contribution in [0.15, 0.2) is 66.7 Å². The molecule has 0 bridgehead atoms. The molecule has 2 N–H and O–H groups in total. The molecule has 0 aliphatic rings. The van der Waals surface area contributed by atoms with Gasteiger partial charge in [-0.2, -0.15) is 0 Å². The summed E-state index contributed by atoms with van der Waals surface area (Å²) in [5.41, 5.74) is 10.1. The minimum atomic E-state index is -0.332. The maximum atomic E-state index is 6.78. The monoisotopic (exact) mass is 293 g/mol. The molecule has 2 aromatic carbocycles. The Hall–Kier alpha value is -1.86. The summed E-state index contributed by atoms with van der Waals surface area (Å²) in [6.07, 6.45) is 2.27. The van der Waals surface area contributed by atoms with Crippen LogP contribution in [0.2, 0.25) is 0 Å². The molecular formula is C21H27N. The Balaban J connectivity index is 2.61. The molecule has 0 aromatic heterocycles. The highest BCUT2D eigenvalue weighted by molar-refractivity contribution is 5.80. The van der Waals surface area contributed by atoms with Crippen molar-refractivity contribution in [2.45, 2.75) is 33.2 Å². The molecule has 1 nitrogen and oxygen atoms in total. The number of rotatable bonds is 5. The molecule has 0 spiro atoms. The average molecular weight is 293 g/mol. The molecule has 0 fully saturated rings. The van der Waals surface area contributed by atoms with Gasteiger partial charge < -0.3 is 5.73 Å². The fraction of sp³-hybridized carbons (Fsp3) is 0.333. The zero-order chi connectivity index (χ0) is 16.2. The highest BCUT2D eigenvalue weighted by Crippen LogP contribution is 2.32. The Morgan fingerprint density at radius 2 is 1.14 bits per heavy atom. The molecule has 0 saturated carbocycles. The Morgan fingerprint density at radius 3 is 1.45 bits per heavy atom. The van der Waals surface area contributed by atoms with Crippen molar-refractivity contribution in [3.8, 4) is 0 Å². The SMILES string of the molecule is CC(C)C(N)(C=C(c1ccccc1)c1ccccc1)C(C)C. The van der Waals surface area contributed by atoms with Crippen molar-refractivity contribution in [1.82, 2.24) is 0 Å². The number of hydrogen-bond acceptors (Lipinski definition) is 1. The van der Waals surface area contributed by atoms with E-state index in [4.69, 9.17) is 5.73 Å². The Morgan fingerprint density at radius 1 is 0.773 bits per heavy atom. The molecule has 0 saturated heterocycles. The normalized spacial score (nSPS) is 11.8. The van der Waals surface area contributed by atoms with Gasteiger partial charge in [-0.3, -0.25) is 0 Å². The van der Waals surface area contributed by atoms with Crippen molar-refractivity contribution in [2.24, 2.45) is 17.6 Å². The second-order valence-electron chi connectivity index (χ2n) is 6.60. The number of hydrogen-bond donors (Lipinski definition) is 1. The van der Waals surface area contributed by atoms with Gasteiger partial charge in [0.1, 0.15) is 0 Å². The second-order valence-corrected chi connectivity index (χ2v) is 6.60. The van der Waals surface area contributed by atoms with Crippen molar-refractivity contribution < 1.29 is 0 Å². The van der Waals surface area contributed by atoms with Gasteiger partial charge in [-0.25, -0.2) is 0 Å². The van der Waals surface area contributed by atoms with E-state index in [-0.39, 0.29) is 5.54 Å². The lowest BCUT2D eigenvalue weighted by Gasteiger charge is -2.36. The lowest BCUT2D eigenvalue weighted by Crippen LogP contribution is -2.48. The number of benzene rings is 2. The van der Waals surface area contributed by atoms with E-state index in [9.17, 15) is 0 Å². The maximum absolute atomic E-state index is 6.78. The molecule has 0 atom stereocenters. The van der Waals surface area contributed by atoms with Crippen LogP contribution in [-0.2, 0) is 0 Å². The largest absolute Gasteiger partial charge is 0.321 e. The number of nitrogens with two attached hydrogens (primary N) is 1. The topological polar surface area (TPSA) is 26.0 Å². The molecule has 1 heteroatoms. The van der Waals surface area contributed by atoms with Crippen molar-refractivity contribution in [2.75, 3.05) is 0 Å². The van der Waals surface area contributed by atoms with Gasteiger partial charge in [0.15, 0.2) is 0 Å². The van der Waals surface area contributed by atoms with Gasteiger partial charge in [0.05, 0.1) is 0 Å². The molecule has 2 aromatic rings. The summed E-state index contributed by atoms with van der Waals surface area (Å²) >= 11 is 0. The van der Waals surface area contributed by atoms with Crippen LogP contribution in [-0.4, -0.2) is 5.54 Å². The molecule has 116 valence electrons. The standard InChI is InChI=1S/C21H27N/c1-16(2)21(22,17(3)4)15-20(18-11-7-5-8-12-18)19-13-9-6-10-14-19/h5-17H,22H2,1-4H3. The fourth-order valence-corrected chi connectivity index (χ4v) is 2.82. The van der Waals surface area contributed by atoms with Crippen LogP contribution in [0.5, 0.6) is 0 Å². The molecule has 0 aliphatic carbocycles. The first-order valence-electron chi connectivity index (χ1n) is 8.07. The van der Waals surface area contributed by atoms with Crippen molar-refractivity contribution in [1.29, 1.82) is 0 Å². The fourth-order valence-electron chi connectivity index (χ4n) is 2.82. The quantitative estimate of drug-likeness (QED) is 0.812.